The van der Waals surface area contributed by atoms with Crippen molar-refractivity contribution < 1.29 is 9.52 Å². The summed E-state index contributed by atoms with van der Waals surface area (Å²) in [5.41, 5.74) is 0. The van der Waals surface area contributed by atoms with E-state index in [-0.39, 0.29) is 6.61 Å². The van der Waals surface area contributed by atoms with Crippen LogP contribution in [0.2, 0.25) is 0 Å². The molecule has 0 aromatic carbocycles. The highest BCUT2D eigenvalue weighted by atomic mass is 16.4. The average molecular weight is 184 g/mol. The molecule has 0 saturated heterocycles. The summed E-state index contributed by atoms with van der Waals surface area (Å²) in [5.74, 6) is 1.48. The van der Waals surface area contributed by atoms with E-state index in [1.165, 1.54) is 0 Å². The lowest BCUT2D eigenvalue weighted by Crippen LogP contribution is -2.23. The minimum absolute atomic E-state index is 0.0849. The van der Waals surface area contributed by atoms with E-state index in [2.05, 4.69) is 17.2 Å². The number of aliphatic hydroxyl groups is 1. The van der Waals surface area contributed by atoms with Gasteiger partial charge in [0.15, 0.2) is 5.89 Å². The van der Waals surface area contributed by atoms with Gasteiger partial charge < -0.3 is 14.8 Å². The maximum absolute atomic E-state index is 8.64. The normalized spacial score (nSPS) is 13.2. The van der Waals surface area contributed by atoms with Crippen molar-refractivity contribution in [2.24, 2.45) is 0 Å². The summed E-state index contributed by atoms with van der Waals surface area (Å²) >= 11 is 0. The second-order valence-corrected chi connectivity index (χ2v) is 3.09. The largest absolute Gasteiger partial charge is 0.446 e. The maximum atomic E-state index is 8.64. The van der Waals surface area contributed by atoms with Crippen LogP contribution in [0.4, 0.5) is 0 Å². The Morgan fingerprint density at radius 2 is 2.46 bits per heavy atom. The smallest absolute Gasteiger partial charge is 0.196 e. The highest BCUT2D eigenvalue weighted by Gasteiger charge is 2.06. The Morgan fingerprint density at radius 1 is 1.69 bits per heavy atom. The van der Waals surface area contributed by atoms with Crippen LogP contribution in [-0.2, 0) is 12.8 Å². The molecule has 4 heteroatoms. The van der Waals surface area contributed by atoms with E-state index in [0.717, 1.165) is 12.2 Å². The number of nitrogens with zero attached hydrogens (tertiary/aromatic N) is 1. The van der Waals surface area contributed by atoms with Crippen molar-refractivity contribution in [1.82, 2.24) is 10.3 Å². The molecule has 0 aliphatic carbocycles. The van der Waals surface area contributed by atoms with E-state index >= 15 is 0 Å². The standard InChI is InChI=1S/C9H16N2O2/c1-7(10-2)5-8-6-11-9(13-8)3-4-12/h6-7,10,12H,3-5H2,1-2H3. The number of aliphatic hydroxyl groups excluding tert-OH is 1. The van der Waals surface area contributed by atoms with E-state index in [1.807, 2.05) is 7.05 Å². The predicted octanol–water partition coefficient (Wildman–Crippen LogP) is 0.360. The van der Waals surface area contributed by atoms with Crippen LogP contribution in [-0.4, -0.2) is 29.8 Å². The fraction of sp³-hybridized carbons (Fsp3) is 0.667. The predicted molar refractivity (Wildman–Crippen MR) is 49.5 cm³/mol. The zero-order valence-electron chi connectivity index (χ0n) is 8.08. The Morgan fingerprint density at radius 3 is 3.08 bits per heavy atom. The van der Waals surface area contributed by atoms with E-state index in [9.17, 15) is 0 Å². The Labute approximate surface area is 78.0 Å². The van der Waals surface area contributed by atoms with Crippen molar-refractivity contribution in [2.45, 2.75) is 25.8 Å². The van der Waals surface area contributed by atoms with Gasteiger partial charge in [0, 0.05) is 18.9 Å². The number of oxazole rings is 1. The lowest BCUT2D eigenvalue weighted by atomic mass is 10.2. The van der Waals surface area contributed by atoms with Gasteiger partial charge in [0.05, 0.1) is 12.8 Å². The number of nitrogens with one attached hydrogen (secondary N) is 1. The molecule has 4 nitrogen and oxygen atoms in total. The molecule has 0 spiro atoms. The SMILES string of the molecule is CNC(C)Cc1cnc(CCO)o1. The van der Waals surface area contributed by atoms with E-state index in [4.69, 9.17) is 9.52 Å². The van der Waals surface area contributed by atoms with E-state index in [0.29, 0.717) is 18.4 Å². The second-order valence-electron chi connectivity index (χ2n) is 3.09. The molecular formula is C9H16N2O2. The van der Waals surface area contributed by atoms with Crippen molar-refractivity contribution in [1.29, 1.82) is 0 Å². The van der Waals surface area contributed by atoms with Gasteiger partial charge in [0.2, 0.25) is 0 Å². The minimum Gasteiger partial charge on any atom is -0.446 e. The average Bonchev–Trinajstić information content (AvgIpc) is 2.53. The lowest BCUT2D eigenvalue weighted by Gasteiger charge is -2.05. The summed E-state index contributed by atoms with van der Waals surface area (Å²) in [6.45, 7) is 2.16. The summed E-state index contributed by atoms with van der Waals surface area (Å²) in [6, 6.07) is 0.384. The minimum atomic E-state index is 0.0849. The van der Waals surface area contributed by atoms with Gasteiger partial charge in [0.25, 0.3) is 0 Å². The van der Waals surface area contributed by atoms with Crippen LogP contribution in [0.3, 0.4) is 0 Å². The molecule has 0 aliphatic rings. The summed E-state index contributed by atoms with van der Waals surface area (Å²) in [4.78, 5) is 4.04. The van der Waals surface area contributed by atoms with Crippen LogP contribution < -0.4 is 5.32 Å². The molecule has 13 heavy (non-hydrogen) atoms. The molecule has 74 valence electrons. The first-order chi connectivity index (χ1) is 6.26. The summed E-state index contributed by atoms with van der Waals surface area (Å²) in [6.07, 6.45) is 3.04. The van der Waals surface area contributed by atoms with Crippen molar-refractivity contribution in [3.63, 3.8) is 0 Å². The third kappa shape index (κ3) is 3.16. The van der Waals surface area contributed by atoms with Gasteiger partial charge in [-0.2, -0.15) is 0 Å². The van der Waals surface area contributed by atoms with Crippen molar-refractivity contribution in [3.05, 3.63) is 17.8 Å². The Bertz CT molecular complexity index is 248. The summed E-state index contributed by atoms with van der Waals surface area (Å²) in [7, 11) is 1.91. The number of aromatic nitrogens is 1. The zero-order chi connectivity index (χ0) is 9.68. The van der Waals surface area contributed by atoms with Gasteiger partial charge in [-0.1, -0.05) is 0 Å². The molecule has 0 amide bonds. The van der Waals surface area contributed by atoms with E-state index < -0.39 is 0 Å². The van der Waals surface area contributed by atoms with Crippen LogP contribution >= 0.6 is 0 Å². The Hall–Kier alpha value is -0.870. The van der Waals surface area contributed by atoms with Crippen LogP contribution in [0.15, 0.2) is 10.6 Å². The first kappa shape index (κ1) is 10.2. The topological polar surface area (TPSA) is 58.3 Å². The third-order valence-corrected chi connectivity index (χ3v) is 1.93. The highest BCUT2D eigenvalue weighted by molar-refractivity contribution is 4.96. The van der Waals surface area contributed by atoms with E-state index in [1.54, 1.807) is 6.20 Å². The van der Waals surface area contributed by atoms with Crippen molar-refractivity contribution >= 4 is 0 Å². The molecule has 0 saturated carbocycles. The molecule has 0 aliphatic heterocycles. The molecule has 1 heterocycles. The quantitative estimate of drug-likeness (QED) is 0.693. The number of likely N-dealkylation sites (N-methyl/N-ethyl adjacent to an activating group) is 1. The molecule has 1 atom stereocenters. The third-order valence-electron chi connectivity index (χ3n) is 1.93. The Kier molecular flexibility index (Phi) is 3.92. The highest BCUT2D eigenvalue weighted by Crippen LogP contribution is 2.06. The molecule has 2 N–H and O–H groups in total. The van der Waals surface area contributed by atoms with Crippen LogP contribution in [0.5, 0.6) is 0 Å². The number of hydrogen-bond donors (Lipinski definition) is 2. The lowest BCUT2D eigenvalue weighted by molar-refractivity contribution is 0.282. The van der Waals surface area contributed by atoms with Gasteiger partial charge >= 0.3 is 0 Å². The summed E-state index contributed by atoms with van der Waals surface area (Å²) in [5, 5.41) is 11.8. The van der Waals surface area contributed by atoms with Crippen LogP contribution in [0, 0.1) is 0 Å². The van der Waals surface area contributed by atoms with Crippen molar-refractivity contribution in [2.75, 3.05) is 13.7 Å². The molecule has 1 aromatic rings. The summed E-state index contributed by atoms with van der Waals surface area (Å²) < 4.78 is 5.39. The fourth-order valence-electron chi connectivity index (χ4n) is 1.06. The first-order valence-electron chi connectivity index (χ1n) is 4.48. The van der Waals surface area contributed by atoms with Gasteiger partial charge in [0.1, 0.15) is 5.76 Å². The van der Waals surface area contributed by atoms with Gasteiger partial charge in [-0.05, 0) is 14.0 Å². The second kappa shape index (κ2) is 4.99. The van der Waals surface area contributed by atoms with Crippen LogP contribution in [0.25, 0.3) is 0 Å². The molecule has 1 rings (SSSR count). The number of rotatable bonds is 5. The van der Waals surface area contributed by atoms with Crippen LogP contribution in [0.1, 0.15) is 18.6 Å². The van der Waals surface area contributed by atoms with Crippen molar-refractivity contribution in [3.8, 4) is 0 Å². The maximum Gasteiger partial charge on any atom is 0.196 e. The van der Waals surface area contributed by atoms with Gasteiger partial charge in [-0.15, -0.1) is 0 Å². The monoisotopic (exact) mass is 184 g/mol. The molecular weight excluding hydrogens is 168 g/mol. The molecule has 0 radical (unpaired) electrons. The van der Waals surface area contributed by atoms with Gasteiger partial charge in [-0.25, -0.2) is 4.98 Å². The number of hydrogen-bond acceptors (Lipinski definition) is 4. The fourth-order valence-corrected chi connectivity index (χ4v) is 1.06. The molecule has 0 fully saturated rings. The zero-order valence-corrected chi connectivity index (χ0v) is 8.08. The molecule has 1 aromatic heterocycles. The molecule has 1 unspecified atom stereocenters. The first-order valence-corrected chi connectivity index (χ1v) is 4.48. The molecule has 0 bridgehead atoms. The van der Waals surface area contributed by atoms with Gasteiger partial charge in [-0.3, -0.25) is 0 Å². The Balaban J connectivity index is 2.48.